The molecular weight excluding hydrogens is 204 g/mol. The van der Waals surface area contributed by atoms with Gasteiger partial charge < -0.3 is 5.73 Å². The van der Waals surface area contributed by atoms with E-state index < -0.39 is 0 Å². The van der Waals surface area contributed by atoms with Gasteiger partial charge in [-0.2, -0.15) is 11.8 Å². The Morgan fingerprint density at radius 1 is 1.47 bits per heavy atom. The van der Waals surface area contributed by atoms with Crippen LogP contribution in [0.1, 0.15) is 39.5 Å². The zero-order chi connectivity index (χ0) is 11.1. The van der Waals surface area contributed by atoms with Crippen molar-refractivity contribution in [3.05, 3.63) is 0 Å². The van der Waals surface area contributed by atoms with E-state index in [0.29, 0.717) is 6.04 Å². The summed E-state index contributed by atoms with van der Waals surface area (Å²) in [7, 11) is 0. The maximum Gasteiger partial charge on any atom is 0.0172 e. The molecule has 1 heterocycles. The van der Waals surface area contributed by atoms with Crippen molar-refractivity contribution in [1.29, 1.82) is 0 Å². The topological polar surface area (TPSA) is 29.3 Å². The van der Waals surface area contributed by atoms with Gasteiger partial charge in [-0.1, -0.05) is 26.7 Å². The fraction of sp³-hybridized carbons (Fsp3) is 1.00. The maximum absolute atomic E-state index is 6.13. The van der Waals surface area contributed by atoms with Gasteiger partial charge >= 0.3 is 0 Å². The minimum absolute atomic E-state index is 0.394. The molecule has 15 heavy (non-hydrogen) atoms. The summed E-state index contributed by atoms with van der Waals surface area (Å²) in [6.45, 7) is 8.12. The molecule has 2 N–H and O–H groups in total. The van der Waals surface area contributed by atoms with Gasteiger partial charge in [-0.25, -0.2) is 0 Å². The summed E-state index contributed by atoms with van der Waals surface area (Å²) in [6, 6.07) is 0.394. The average Bonchev–Trinajstić information content (AvgIpc) is 2.26. The molecule has 1 aliphatic heterocycles. The molecule has 0 bridgehead atoms. The van der Waals surface area contributed by atoms with E-state index in [1.807, 2.05) is 0 Å². The molecule has 0 aromatic heterocycles. The highest BCUT2D eigenvalue weighted by Gasteiger charge is 2.19. The van der Waals surface area contributed by atoms with Crippen molar-refractivity contribution in [2.24, 2.45) is 5.73 Å². The molecule has 2 unspecified atom stereocenters. The first kappa shape index (κ1) is 13.3. The number of nitrogens with zero attached hydrogens (tertiary/aromatic N) is 1. The zero-order valence-corrected chi connectivity index (χ0v) is 11.1. The summed E-state index contributed by atoms with van der Waals surface area (Å²) in [4.78, 5) is 2.56. The molecule has 0 radical (unpaired) electrons. The lowest BCUT2D eigenvalue weighted by Gasteiger charge is -2.33. The van der Waals surface area contributed by atoms with Crippen molar-refractivity contribution in [2.75, 3.05) is 25.4 Å². The third kappa shape index (κ3) is 5.23. The van der Waals surface area contributed by atoms with E-state index in [-0.39, 0.29) is 0 Å². The minimum Gasteiger partial charge on any atom is -0.327 e. The fourth-order valence-corrected chi connectivity index (χ4v) is 3.33. The molecule has 1 fully saturated rings. The van der Waals surface area contributed by atoms with Gasteiger partial charge in [0.1, 0.15) is 0 Å². The quantitative estimate of drug-likeness (QED) is 0.759. The van der Waals surface area contributed by atoms with Crippen LogP contribution in [0.25, 0.3) is 0 Å². The van der Waals surface area contributed by atoms with Gasteiger partial charge in [0.05, 0.1) is 0 Å². The van der Waals surface area contributed by atoms with E-state index in [4.69, 9.17) is 5.73 Å². The van der Waals surface area contributed by atoms with Crippen LogP contribution >= 0.6 is 11.8 Å². The van der Waals surface area contributed by atoms with E-state index >= 15 is 0 Å². The number of nitrogens with two attached hydrogens (primary N) is 1. The lowest BCUT2D eigenvalue weighted by Crippen LogP contribution is -2.44. The van der Waals surface area contributed by atoms with Gasteiger partial charge in [0.25, 0.3) is 0 Å². The molecule has 2 nitrogen and oxygen atoms in total. The van der Waals surface area contributed by atoms with Gasteiger partial charge in [0.2, 0.25) is 0 Å². The third-order valence-electron chi connectivity index (χ3n) is 3.10. The highest BCUT2D eigenvalue weighted by Crippen LogP contribution is 2.21. The number of thioether (sulfide) groups is 1. The van der Waals surface area contributed by atoms with E-state index in [1.54, 1.807) is 0 Å². The molecule has 1 aliphatic rings. The fourth-order valence-electron chi connectivity index (χ4n) is 2.08. The maximum atomic E-state index is 6.13. The second kappa shape index (κ2) is 7.53. The minimum atomic E-state index is 0.394. The van der Waals surface area contributed by atoms with E-state index in [2.05, 4.69) is 30.5 Å². The molecule has 0 aromatic carbocycles. The molecule has 0 amide bonds. The third-order valence-corrected chi connectivity index (χ3v) is 4.47. The molecule has 0 spiro atoms. The van der Waals surface area contributed by atoms with Crippen LogP contribution in [-0.4, -0.2) is 41.6 Å². The van der Waals surface area contributed by atoms with E-state index in [9.17, 15) is 0 Å². The Bertz CT molecular complexity index is 164. The van der Waals surface area contributed by atoms with Gasteiger partial charge in [-0.05, 0) is 12.8 Å². The zero-order valence-electron chi connectivity index (χ0n) is 10.2. The Hall–Kier alpha value is 0.270. The summed E-state index contributed by atoms with van der Waals surface area (Å²) in [6.07, 6.45) is 5.03. The van der Waals surface area contributed by atoms with Crippen LogP contribution in [0.5, 0.6) is 0 Å². The Balaban J connectivity index is 2.19. The predicted molar refractivity (Wildman–Crippen MR) is 70.5 cm³/mol. The molecule has 0 saturated carbocycles. The van der Waals surface area contributed by atoms with Gasteiger partial charge in [0, 0.05) is 36.7 Å². The number of rotatable bonds is 6. The van der Waals surface area contributed by atoms with Crippen LogP contribution in [0, 0.1) is 0 Å². The van der Waals surface area contributed by atoms with Crippen LogP contribution in [0.3, 0.4) is 0 Å². The first-order chi connectivity index (χ1) is 7.26. The Morgan fingerprint density at radius 2 is 2.27 bits per heavy atom. The first-order valence-corrected chi connectivity index (χ1v) is 7.40. The molecular formula is C12H26N2S. The van der Waals surface area contributed by atoms with Crippen LogP contribution in [0.4, 0.5) is 0 Å². The second-order valence-electron chi connectivity index (χ2n) is 4.56. The van der Waals surface area contributed by atoms with Crippen molar-refractivity contribution in [2.45, 2.75) is 50.8 Å². The monoisotopic (exact) mass is 230 g/mol. The largest absolute Gasteiger partial charge is 0.327 e. The van der Waals surface area contributed by atoms with Crippen molar-refractivity contribution < 1.29 is 0 Å². The van der Waals surface area contributed by atoms with Crippen LogP contribution in [0.15, 0.2) is 0 Å². The predicted octanol–water partition coefficient (Wildman–Crippen LogP) is 2.33. The summed E-state index contributed by atoms with van der Waals surface area (Å²) in [5, 5.41) is 0.845. The number of hydrogen-bond donors (Lipinski definition) is 1. The molecule has 3 heteroatoms. The van der Waals surface area contributed by atoms with Crippen LogP contribution in [0.2, 0.25) is 0 Å². The Morgan fingerprint density at radius 3 is 2.93 bits per heavy atom. The normalized spacial score (nSPS) is 25.4. The lowest BCUT2D eigenvalue weighted by atomic mass is 10.1. The van der Waals surface area contributed by atoms with Gasteiger partial charge in [-0.15, -0.1) is 0 Å². The smallest absolute Gasteiger partial charge is 0.0172 e. The summed E-state index contributed by atoms with van der Waals surface area (Å²) in [5.41, 5.74) is 6.13. The highest BCUT2D eigenvalue weighted by atomic mass is 32.2. The summed E-state index contributed by atoms with van der Waals surface area (Å²) >= 11 is 2.13. The van der Waals surface area contributed by atoms with Gasteiger partial charge in [-0.3, -0.25) is 4.90 Å². The highest BCUT2D eigenvalue weighted by molar-refractivity contribution is 8.00. The Labute approximate surface area is 99.0 Å². The van der Waals surface area contributed by atoms with E-state index in [0.717, 1.165) is 11.8 Å². The molecule has 0 aromatic rings. The van der Waals surface area contributed by atoms with Crippen molar-refractivity contribution in [3.8, 4) is 0 Å². The Kier molecular flexibility index (Phi) is 6.69. The average molecular weight is 230 g/mol. The van der Waals surface area contributed by atoms with E-state index in [1.165, 1.54) is 44.5 Å². The summed E-state index contributed by atoms with van der Waals surface area (Å²) < 4.78 is 0. The SMILES string of the molecule is CCCCC(N)CN1CCSC(CC)C1. The van der Waals surface area contributed by atoms with Crippen molar-refractivity contribution in [3.63, 3.8) is 0 Å². The first-order valence-electron chi connectivity index (χ1n) is 6.35. The molecule has 90 valence electrons. The standard InChI is InChI=1S/C12H26N2S/c1-3-5-6-11(13)9-14-7-8-15-12(4-2)10-14/h11-12H,3-10,13H2,1-2H3. The van der Waals surface area contributed by atoms with Crippen molar-refractivity contribution >= 4 is 11.8 Å². The van der Waals surface area contributed by atoms with Crippen molar-refractivity contribution in [1.82, 2.24) is 4.90 Å². The van der Waals surface area contributed by atoms with Crippen LogP contribution < -0.4 is 5.73 Å². The molecule has 1 saturated heterocycles. The van der Waals surface area contributed by atoms with Gasteiger partial charge in [0.15, 0.2) is 0 Å². The lowest BCUT2D eigenvalue weighted by molar-refractivity contribution is 0.258. The molecule has 1 rings (SSSR count). The molecule has 0 aliphatic carbocycles. The molecule has 2 atom stereocenters. The number of unbranched alkanes of at least 4 members (excludes halogenated alkanes) is 1. The number of hydrogen-bond acceptors (Lipinski definition) is 3. The van der Waals surface area contributed by atoms with Crippen LogP contribution in [-0.2, 0) is 0 Å². The summed E-state index contributed by atoms with van der Waals surface area (Å²) in [5.74, 6) is 1.29. The second-order valence-corrected chi connectivity index (χ2v) is 5.97.